The normalized spacial score (nSPS) is 53.1. The highest BCUT2D eigenvalue weighted by Crippen LogP contribution is 2.89. The molecule has 38 heavy (non-hydrogen) atoms. The highest BCUT2D eigenvalue weighted by atomic mass is 16.6. The van der Waals surface area contributed by atoms with Crippen LogP contribution in [0.15, 0.2) is 0 Å². The monoisotopic (exact) mass is 529 g/mol. The molecule has 5 nitrogen and oxygen atoms in total. The van der Waals surface area contributed by atoms with Crippen LogP contribution in [-0.4, -0.2) is 54.6 Å². The molecule has 1 saturated heterocycles. The van der Waals surface area contributed by atoms with Crippen LogP contribution in [0, 0.1) is 56.7 Å². The van der Waals surface area contributed by atoms with Gasteiger partial charge in [-0.05, 0) is 114 Å². The third-order valence-electron chi connectivity index (χ3n) is 14.3. The van der Waals surface area contributed by atoms with E-state index < -0.39 is 0 Å². The first-order valence-electron chi connectivity index (χ1n) is 15.9. The van der Waals surface area contributed by atoms with Gasteiger partial charge in [-0.2, -0.15) is 0 Å². The number of hydrogen-bond donors (Lipinski definition) is 1. The van der Waals surface area contributed by atoms with Crippen molar-refractivity contribution in [1.29, 1.82) is 0 Å². The molecule has 1 amide bonds. The van der Waals surface area contributed by atoms with Crippen molar-refractivity contribution in [2.75, 3.05) is 14.1 Å². The number of fused-ring (bicyclic) bond motifs is 4. The predicted octanol–water partition coefficient (Wildman–Crippen LogP) is 6.91. The maximum absolute atomic E-state index is 12.5. The molecule has 6 fully saturated rings. The molecule has 0 bridgehead atoms. The summed E-state index contributed by atoms with van der Waals surface area (Å²) in [6.07, 6.45) is 10.7. The highest BCUT2D eigenvalue weighted by Gasteiger charge is 2.83. The first kappa shape index (κ1) is 27.4. The number of rotatable bonds is 3. The summed E-state index contributed by atoms with van der Waals surface area (Å²) >= 11 is 0. The van der Waals surface area contributed by atoms with Gasteiger partial charge in [0.2, 0.25) is 0 Å². The highest BCUT2D eigenvalue weighted by molar-refractivity contribution is 5.67. The summed E-state index contributed by atoms with van der Waals surface area (Å²) in [5, 5.41) is 11.0. The first-order chi connectivity index (χ1) is 17.6. The maximum atomic E-state index is 12.5. The average Bonchev–Trinajstić information content (AvgIpc) is 3.43. The van der Waals surface area contributed by atoms with E-state index in [-0.39, 0.29) is 47.3 Å². The molecule has 6 aliphatic rings. The number of nitrogens with zero attached hydrogens (tertiary/aromatic N) is 1. The summed E-state index contributed by atoms with van der Waals surface area (Å²) < 4.78 is 13.1. The fourth-order valence-electron chi connectivity index (χ4n) is 12.4. The van der Waals surface area contributed by atoms with Crippen LogP contribution in [0.2, 0.25) is 0 Å². The molecule has 5 saturated carbocycles. The lowest BCUT2D eigenvalue weighted by atomic mass is 9.41. The van der Waals surface area contributed by atoms with Crippen LogP contribution < -0.4 is 0 Å². The largest absolute Gasteiger partial charge is 0.443 e. The van der Waals surface area contributed by atoms with Crippen molar-refractivity contribution in [3.63, 3.8) is 0 Å². The van der Waals surface area contributed by atoms with Gasteiger partial charge in [0.1, 0.15) is 6.10 Å². The summed E-state index contributed by atoms with van der Waals surface area (Å²) in [7, 11) is 3.51. The molecule has 12 atom stereocenters. The van der Waals surface area contributed by atoms with Crippen molar-refractivity contribution in [2.45, 2.75) is 131 Å². The zero-order valence-corrected chi connectivity index (χ0v) is 25.7. The van der Waals surface area contributed by atoms with Gasteiger partial charge >= 0.3 is 6.09 Å². The van der Waals surface area contributed by atoms with E-state index in [0.29, 0.717) is 34.0 Å². The van der Waals surface area contributed by atoms with Crippen LogP contribution in [0.25, 0.3) is 0 Å². The van der Waals surface area contributed by atoms with Crippen molar-refractivity contribution in [3.8, 4) is 0 Å². The summed E-state index contributed by atoms with van der Waals surface area (Å²) in [5.41, 5.74) is 1.57. The van der Waals surface area contributed by atoms with E-state index in [1.807, 2.05) is 0 Å². The standard InChI is InChI=1S/C33H55NO4/c1-19(2)27(38-28(36)34(8)9)21-16-20(3)26-22(37-21)17-31(7)24-11-10-23-29(4,5)25(35)12-13-32(23)18-33(24,32)15-14-30(26,31)6/h19-27,35H,10-18H2,1-9H3/t20-,21?,22?,23?,24?,25+,26?,27-,30-,31+,32?,33+/m1/s1. The Kier molecular flexibility index (Phi) is 6.02. The maximum Gasteiger partial charge on any atom is 0.409 e. The van der Waals surface area contributed by atoms with E-state index in [4.69, 9.17) is 9.47 Å². The SMILES string of the molecule is CC(C)[C@@H](OC(=O)N(C)C)C1C[C@@H](C)C2C(C[C@@]3(C)C4CCC5C(C)(C)[C@@H](O)CCC56C[C@@]46CC[C@]23C)O1. The van der Waals surface area contributed by atoms with Crippen LogP contribution in [0.3, 0.4) is 0 Å². The molecule has 1 N–H and O–H groups in total. The Balaban J connectivity index is 1.28. The average molecular weight is 530 g/mol. The molecule has 0 aromatic carbocycles. The molecule has 2 spiro atoms. The molecule has 0 aromatic heterocycles. The molecule has 5 aliphatic carbocycles. The summed E-state index contributed by atoms with van der Waals surface area (Å²) in [5.74, 6) is 2.80. The molecule has 1 heterocycles. The summed E-state index contributed by atoms with van der Waals surface area (Å²) in [6, 6.07) is 0. The van der Waals surface area contributed by atoms with E-state index in [9.17, 15) is 9.90 Å². The molecular formula is C33H55NO4. The molecule has 6 unspecified atom stereocenters. The number of aliphatic hydroxyl groups is 1. The lowest BCUT2D eigenvalue weighted by Gasteiger charge is -2.63. The fourth-order valence-corrected chi connectivity index (χ4v) is 12.4. The van der Waals surface area contributed by atoms with Gasteiger partial charge in [0.05, 0.1) is 18.3 Å². The van der Waals surface area contributed by atoms with Crippen LogP contribution in [0.1, 0.15) is 106 Å². The van der Waals surface area contributed by atoms with Crippen LogP contribution in [0.4, 0.5) is 4.79 Å². The van der Waals surface area contributed by atoms with Crippen molar-refractivity contribution >= 4 is 6.09 Å². The fraction of sp³-hybridized carbons (Fsp3) is 0.970. The second kappa shape index (κ2) is 8.37. The molecule has 0 aromatic rings. The number of hydrogen-bond acceptors (Lipinski definition) is 4. The van der Waals surface area contributed by atoms with Gasteiger partial charge < -0.3 is 19.5 Å². The van der Waals surface area contributed by atoms with Crippen LogP contribution >= 0.6 is 0 Å². The molecule has 1 aliphatic heterocycles. The Hall–Kier alpha value is -0.810. The van der Waals surface area contributed by atoms with Gasteiger partial charge in [0.15, 0.2) is 0 Å². The molecule has 5 heteroatoms. The van der Waals surface area contributed by atoms with E-state index in [1.54, 1.807) is 14.1 Å². The number of ether oxygens (including phenoxy) is 2. The Bertz CT molecular complexity index is 978. The van der Waals surface area contributed by atoms with Gasteiger partial charge in [-0.25, -0.2) is 4.79 Å². The summed E-state index contributed by atoms with van der Waals surface area (Å²) in [6.45, 7) is 16.8. The second-order valence-electron chi connectivity index (χ2n) is 16.5. The van der Waals surface area contributed by atoms with Gasteiger partial charge in [0.25, 0.3) is 0 Å². The second-order valence-corrected chi connectivity index (χ2v) is 16.5. The molecular weight excluding hydrogens is 474 g/mol. The van der Waals surface area contributed by atoms with E-state index >= 15 is 0 Å². The van der Waals surface area contributed by atoms with Gasteiger partial charge in [-0.3, -0.25) is 0 Å². The zero-order valence-electron chi connectivity index (χ0n) is 25.7. The number of amides is 1. The van der Waals surface area contributed by atoms with Crippen molar-refractivity contribution in [2.24, 2.45) is 56.7 Å². The third-order valence-corrected chi connectivity index (χ3v) is 14.3. The number of carbonyl (C=O) groups excluding carboxylic acids is 1. The minimum Gasteiger partial charge on any atom is -0.443 e. The number of carbonyl (C=O) groups is 1. The Morgan fingerprint density at radius 2 is 1.63 bits per heavy atom. The Labute approximate surface area is 231 Å². The first-order valence-corrected chi connectivity index (χ1v) is 15.9. The smallest absolute Gasteiger partial charge is 0.409 e. The predicted molar refractivity (Wildman–Crippen MR) is 150 cm³/mol. The molecule has 6 rings (SSSR count). The van der Waals surface area contributed by atoms with Gasteiger partial charge in [0, 0.05) is 14.1 Å². The van der Waals surface area contributed by atoms with E-state index in [0.717, 1.165) is 25.2 Å². The Morgan fingerprint density at radius 1 is 0.974 bits per heavy atom. The number of aliphatic hydroxyl groups excluding tert-OH is 1. The minimum atomic E-state index is -0.264. The van der Waals surface area contributed by atoms with Crippen LogP contribution in [0.5, 0.6) is 0 Å². The third kappa shape index (κ3) is 3.27. The van der Waals surface area contributed by atoms with Crippen molar-refractivity contribution in [1.82, 2.24) is 4.90 Å². The minimum absolute atomic E-state index is 0.0277. The lowest BCUT2D eigenvalue weighted by Crippen LogP contribution is -2.58. The van der Waals surface area contributed by atoms with E-state index in [2.05, 4.69) is 48.5 Å². The van der Waals surface area contributed by atoms with Crippen molar-refractivity contribution in [3.05, 3.63) is 0 Å². The lowest BCUT2D eigenvalue weighted by molar-refractivity contribution is -0.176. The van der Waals surface area contributed by atoms with E-state index in [1.165, 1.54) is 43.4 Å². The zero-order chi connectivity index (χ0) is 27.6. The molecule has 0 radical (unpaired) electrons. The Morgan fingerprint density at radius 3 is 2.29 bits per heavy atom. The quantitative estimate of drug-likeness (QED) is 0.431. The van der Waals surface area contributed by atoms with Gasteiger partial charge in [-0.15, -0.1) is 0 Å². The van der Waals surface area contributed by atoms with Crippen molar-refractivity contribution < 1.29 is 19.4 Å². The van der Waals surface area contributed by atoms with Gasteiger partial charge in [-0.1, -0.05) is 48.5 Å². The molecule has 216 valence electrons. The van der Waals surface area contributed by atoms with Crippen LogP contribution in [-0.2, 0) is 9.47 Å². The summed E-state index contributed by atoms with van der Waals surface area (Å²) in [4.78, 5) is 14.1. The topological polar surface area (TPSA) is 59.0 Å².